The fraction of sp³-hybridized carbons (Fsp3) is 0.200. The summed E-state index contributed by atoms with van der Waals surface area (Å²) in [7, 11) is 1.34. The van der Waals surface area contributed by atoms with Gasteiger partial charge in [-0.3, -0.25) is 9.59 Å². The third kappa shape index (κ3) is 3.28. The Morgan fingerprint density at radius 1 is 1.21 bits per heavy atom. The zero-order valence-electron chi connectivity index (χ0n) is 15.0. The monoisotopic (exact) mass is 385 g/mol. The van der Waals surface area contributed by atoms with E-state index in [1.54, 1.807) is 0 Å². The topological polar surface area (TPSA) is 76.3 Å². The molecule has 0 fully saturated rings. The molecule has 144 valence electrons. The number of aliphatic hydroxyl groups is 1. The van der Waals surface area contributed by atoms with Crippen LogP contribution in [0.2, 0.25) is 0 Å². The predicted octanol–water partition coefficient (Wildman–Crippen LogP) is 2.09. The van der Waals surface area contributed by atoms with E-state index in [4.69, 9.17) is 11.5 Å². The number of hydrogen-bond acceptors (Lipinski definition) is 4. The van der Waals surface area contributed by atoms with Crippen LogP contribution in [0.15, 0.2) is 40.1 Å². The Labute approximate surface area is 158 Å². The number of nitrogens with one attached hydrogen (secondary N) is 1. The Kier molecular flexibility index (Phi) is 5.29. The first-order chi connectivity index (χ1) is 13.4. The van der Waals surface area contributed by atoms with Gasteiger partial charge in [-0.25, -0.2) is 4.39 Å². The molecule has 0 aliphatic rings. The lowest BCUT2D eigenvalue weighted by Crippen LogP contribution is -2.28. The van der Waals surface area contributed by atoms with Crippen molar-refractivity contribution in [3.8, 4) is 12.3 Å². The molecule has 0 saturated carbocycles. The van der Waals surface area contributed by atoms with E-state index in [0.29, 0.717) is 12.0 Å². The summed E-state index contributed by atoms with van der Waals surface area (Å²) >= 11 is 0. The standard InChI is InChI=1S/C20H17F2N3O3/c1-3-12-5-6-14(13(21)11-12)23-18-16-15(24(2)20(28)17(18)22)7-9-25(19(16)27)8-4-10-26/h1,5-7,9,11,23,26H,4,8,10H2,2H3. The van der Waals surface area contributed by atoms with Gasteiger partial charge in [0.25, 0.3) is 11.1 Å². The predicted molar refractivity (Wildman–Crippen MR) is 103 cm³/mol. The van der Waals surface area contributed by atoms with Crippen molar-refractivity contribution in [3.05, 3.63) is 68.4 Å². The molecule has 28 heavy (non-hydrogen) atoms. The largest absolute Gasteiger partial charge is 0.396 e. The Bertz CT molecular complexity index is 1220. The van der Waals surface area contributed by atoms with E-state index in [-0.39, 0.29) is 29.7 Å². The third-order valence-electron chi connectivity index (χ3n) is 4.42. The highest BCUT2D eigenvalue weighted by Crippen LogP contribution is 2.27. The quantitative estimate of drug-likeness (QED) is 0.660. The van der Waals surface area contributed by atoms with Gasteiger partial charge in [-0.05, 0) is 30.7 Å². The van der Waals surface area contributed by atoms with E-state index in [1.807, 2.05) is 0 Å². The molecule has 0 amide bonds. The van der Waals surface area contributed by atoms with Crippen molar-refractivity contribution in [2.24, 2.45) is 7.05 Å². The van der Waals surface area contributed by atoms with Crippen molar-refractivity contribution >= 4 is 22.3 Å². The molecule has 0 aliphatic heterocycles. The molecule has 0 bridgehead atoms. The summed E-state index contributed by atoms with van der Waals surface area (Å²) in [6.45, 7) is 0.0877. The summed E-state index contributed by atoms with van der Waals surface area (Å²) in [4.78, 5) is 25.1. The number of hydrogen-bond donors (Lipinski definition) is 2. The van der Waals surface area contributed by atoms with Gasteiger partial charge >= 0.3 is 0 Å². The lowest BCUT2D eigenvalue weighted by molar-refractivity contribution is 0.279. The van der Waals surface area contributed by atoms with Crippen molar-refractivity contribution < 1.29 is 13.9 Å². The van der Waals surface area contributed by atoms with Crippen LogP contribution in [0.1, 0.15) is 12.0 Å². The first-order valence-corrected chi connectivity index (χ1v) is 8.44. The van der Waals surface area contributed by atoms with Crippen molar-refractivity contribution in [1.29, 1.82) is 0 Å². The number of halogens is 2. The minimum Gasteiger partial charge on any atom is -0.396 e. The fourth-order valence-electron chi connectivity index (χ4n) is 2.93. The van der Waals surface area contributed by atoms with Gasteiger partial charge in [0, 0.05) is 32.0 Å². The van der Waals surface area contributed by atoms with E-state index in [0.717, 1.165) is 10.6 Å². The van der Waals surface area contributed by atoms with E-state index < -0.39 is 28.4 Å². The second kappa shape index (κ2) is 7.66. The molecule has 2 aromatic heterocycles. The number of fused-ring (bicyclic) bond motifs is 1. The fourth-order valence-corrected chi connectivity index (χ4v) is 2.93. The van der Waals surface area contributed by atoms with Gasteiger partial charge < -0.3 is 19.6 Å². The lowest BCUT2D eigenvalue weighted by atomic mass is 10.1. The summed E-state index contributed by atoms with van der Waals surface area (Å²) in [6.07, 6.45) is 7.02. The average Bonchev–Trinajstić information content (AvgIpc) is 2.69. The zero-order chi connectivity index (χ0) is 20.4. The van der Waals surface area contributed by atoms with E-state index in [1.165, 1.54) is 36.0 Å². The highest BCUT2D eigenvalue weighted by molar-refractivity contribution is 5.92. The number of terminal acetylenes is 1. The SMILES string of the molecule is C#Cc1ccc(Nc2c(F)c(=O)n(C)c3ccn(CCCO)c(=O)c23)c(F)c1. The zero-order valence-corrected chi connectivity index (χ0v) is 15.0. The maximum atomic E-state index is 14.8. The highest BCUT2D eigenvalue weighted by Gasteiger charge is 2.20. The molecular formula is C20H17F2N3O3. The maximum absolute atomic E-state index is 14.8. The van der Waals surface area contributed by atoms with E-state index >= 15 is 0 Å². The molecule has 0 saturated heterocycles. The summed E-state index contributed by atoms with van der Waals surface area (Å²) in [5.41, 5.74) is -1.57. The van der Waals surface area contributed by atoms with Crippen LogP contribution in [-0.4, -0.2) is 20.8 Å². The normalized spacial score (nSPS) is 10.8. The van der Waals surface area contributed by atoms with Crippen LogP contribution in [0, 0.1) is 24.0 Å². The molecule has 0 unspecified atom stereocenters. The highest BCUT2D eigenvalue weighted by atomic mass is 19.1. The molecule has 0 aliphatic carbocycles. The molecule has 3 aromatic rings. The number of aromatic nitrogens is 2. The van der Waals surface area contributed by atoms with Gasteiger partial charge in [0.1, 0.15) is 5.82 Å². The molecule has 0 spiro atoms. The van der Waals surface area contributed by atoms with Crippen LogP contribution in [-0.2, 0) is 13.6 Å². The minimum atomic E-state index is -1.20. The van der Waals surface area contributed by atoms with Crippen molar-refractivity contribution in [1.82, 2.24) is 9.13 Å². The number of aryl methyl sites for hydroxylation is 2. The van der Waals surface area contributed by atoms with E-state index in [2.05, 4.69) is 11.2 Å². The maximum Gasteiger partial charge on any atom is 0.289 e. The smallest absolute Gasteiger partial charge is 0.289 e. The van der Waals surface area contributed by atoms with Crippen LogP contribution in [0.4, 0.5) is 20.2 Å². The molecule has 3 rings (SSSR count). The summed E-state index contributed by atoms with van der Waals surface area (Å²) in [5, 5.41) is 11.4. The molecule has 6 nitrogen and oxygen atoms in total. The van der Waals surface area contributed by atoms with Gasteiger partial charge in [0.2, 0.25) is 5.82 Å². The van der Waals surface area contributed by atoms with Gasteiger partial charge in [-0.1, -0.05) is 5.92 Å². The minimum absolute atomic E-state index is 0.0968. The molecule has 2 heterocycles. The van der Waals surface area contributed by atoms with Crippen LogP contribution in [0.5, 0.6) is 0 Å². The van der Waals surface area contributed by atoms with Crippen LogP contribution < -0.4 is 16.4 Å². The Morgan fingerprint density at radius 3 is 2.61 bits per heavy atom. The molecule has 2 N–H and O–H groups in total. The number of aliphatic hydroxyl groups excluding tert-OH is 1. The molecule has 0 atom stereocenters. The molecule has 8 heteroatoms. The first-order valence-electron chi connectivity index (χ1n) is 8.44. The number of anilines is 2. The number of rotatable bonds is 5. The number of nitrogens with zero attached hydrogens (tertiary/aromatic N) is 2. The Morgan fingerprint density at radius 2 is 1.96 bits per heavy atom. The van der Waals surface area contributed by atoms with Gasteiger partial charge in [0.05, 0.1) is 22.3 Å². The lowest BCUT2D eigenvalue weighted by Gasteiger charge is -2.15. The van der Waals surface area contributed by atoms with Crippen LogP contribution in [0.3, 0.4) is 0 Å². The second-order valence-corrected chi connectivity index (χ2v) is 6.17. The summed E-state index contributed by atoms with van der Waals surface area (Å²) in [5.74, 6) is 0.332. The number of pyridine rings is 2. The summed E-state index contributed by atoms with van der Waals surface area (Å²) < 4.78 is 31.4. The first kappa shape index (κ1) is 19.3. The van der Waals surface area contributed by atoms with Crippen LogP contribution in [0.25, 0.3) is 10.9 Å². The summed E-state index contributed by atoms with van der Waals surface area (Å²) in [6, 6.07) is 5.34. The van der Waals surface area contributed by atoms with Gasteiger partial charge in [-0.15, -0.1) is 6.42 Å². The number of benzene rings is 1. The van der Waals surface area contributed by atoms with Crippen molar-refractivity contribution in [3.63, 3.8) is 0 Å². The second-order valence-electron chi connectivity index (χ2n) is 6.17. The molecular weight excluding hydrogens is 368 g/mol. The van der Waals surface area contributed by atoms with Crippen molar-refractivity contribution in [2.45, 2.75) is 13.0 Å². The average molecular weight is 385 g/mol. The van der Waals surface area contributed by atoms with Gasteiger partial charge in [-0.2, -0.15) is 4.39 Å². The van der Waals surface area contributed by atoms with Crippen LogP contribution >= 0.6 is 0 Å². The Balaban J connectivity index is 2.27. The molecule has 1 aromatic carbocycles. The van der Waals surface area contributed by atoms with E-state index in [9.17, 15) is 18.4 Å². The Hall–Kier alpha value is -3.44. The molecule has 0 radical (unpaired) electrons. The van der Waals surface area contributed by atoms with Gasteiger partial charge in [0.15, 0.2) is 0 Å². The third-order valence-corrected chi connectivity index (χ3v) is 4.42. The van der Waals surface area contributed by atoms with Crippen molar-refractivity contribution in [2.75, 3.05) is 11.9 Å².